The summed E-state index contributed by atoms with van der Waals surface area (Å²) >= 11 is 0. The molecule has 2 heterocycles. The van der Waals surface area contributed by atoms with Crippen molar-refractivity contribution in [1.82, 2.24) is 20.1 Å². The summed E-state index contributed by atoms with van der Waals surface area (Å²) < 4.78 is 29.9. The predicted octanol–water partition coefficient (Wildman–Crippen LogP) is 3.99. The fraction of sp³-hybridized carbons (Fsp3) is 0.286. The molecule has 0 atom stereocenters. The van der Waals surface area contributed by atoms with Crippen molar-refractivity contribution in [3.8, 4) is 5.69 Å². The van der Waals surface area contributed by atoms with E-state index in [0.29, 0.717) is 36.6 Å². The van der Waals surface area contributed by atoms with E-state index >= 15 is 0 Å². The first-order valence-electron chi connectivity index (χ1n) is 9.49. The first-order valence-corrected chi connectivity index (χ1v) is 9.49. The lowest BCUT2D eigenvalue weighted by molar-refractivity contribution is 0.101. The molecule has 0 saturated carbocycles. The molecule has 0 fully saturated rings. The predicted molar refractivity (Wildman–Crippen MR) is 112 cm³/mol. The minimum absolute atomic E-state index is 0. The Morgan fingerprint density at radius 3 is 2.77 bits per heavy atom. The summed E-state index contributed by atoms with van der Waals surface area (Å²) in [5, 5.41) is 10.0. The van der Waals surface area contributed by atoms with Gasteiger partial charge in [0.15, 0.2) is 0 Å². The molecule has 0 radical (unpaired) electrons. The zero-order valence-electron chi connectivity index (χ0n) is 16.6. The zero-order valence-corrected chi connectivity index (χ0v) is 17.4. The molecule has 1 aliphatic rings. The van der Waals surface area contributed by atoms with Gasteiger partial charge in [-0.25, -0.2) is 18.4 Å². The van der Waals surface area contributed by atoms with Gasteiger partial charge < -0.3 is 10.6 Å². The number of carbonyl (C=O) groups is 1. The lowest BCUT2D eigenvalue weighted by Crippen LogP contribution is -2.25. The van der Waals surface area contributed by atoms with E-state index in [1.54, 1.807) is 24.3 Å². The maximum absolute atomic E-state index is 14.8. The van der Waals surface area contributed by atoms with E-state index in [9.17, 15) is 13.6 Å². The maximum Gasteiger partial charge on any atom is 0.295 e. The number of rotatable bonds is 4. The molecule has 30 heavy (non-hydrogen) atoms. The molecular weight excluding hydrogens is 412 g/mol. The molecule has 0 saturated heterocycles. The topological polar surface area (TPSA) is 71.8 Å². The smallest absolute Gasteiger partial charge is 0.295 e. The van der Waals surface area contributed by atoms with Crippen LogP contribution in [0.15, 0.2) is 36.4 Å². The summed E-state index contributed by atoms with van der Waals surface area (Å²) in [5.41, 5.74) is 2.07. The number of nitrogens with zero attached hydrogens (tertiary/aromatic N) is 3. The average Bonchev–Trinajstić information content (AvgIpc) is 3.16. The van der Waals surface area contributed by atoms with Crippen LogP contribution in [0.4, 0.5) is 14.5 Å². The second kappa shape index (κ2) is 8.89. The van der Waals surface area contributed by atoms with Gasteiger partial charge in [0.2, 0.25) is 5.82 Å². The van der Waals surface area contributed by atoms with Crippen molar-refractivity contribution in [3.05, 3.63) is 70.8 Å². The van der Waals surface area contributed by atoms with Crippen LogP contribution in [0.25, 0.3) is 5.69 Å². The summed E-state index contributed by atoms with van der Waals surface area (Å²) in [5.74, 6) is -1.10. The van der Waals surface area contributed by atoms with Crippen LogP contribution in [-0.2, 0) is 13.0 Å². The maximum atomic E-state index is 14.8. The Morgan fingerprint density at radius 2 is 2.03 bits per heavy atom. The van der Waals surface area contributed by atoms with Crippen molar-refractivity contribution >= 4 is 24.0 Å². The van der Waals surface area contributed by atoms with Crippen LogP contribution >= 0.6 is 12.4 Å². The minimum atomic E-state index is -0.616. The minimum Gasteiger partial charge on any atom is -0.317 e. The number of nitrogens with one attached hydrogen (secondary N) is 2. The van der Waals surface area contributed by atoms with Crippen LogP contribution < -0.4 is 10.6 Å². The van der Waals surface area contributed by atoms with Gasteiger partial charge in [-0.2, -0.15) is 0 Å². The number of carbonyl (C=O) groups excluding carboxylic acids is 1. The standard InChI is InChI=1S/C21H21F2N5O.ClH/c1-12(2)20-26-19(27-28(20)15-5-3-4-14(22)10-15)21(29)25-17-7-6-13-11-24-9-8-16(13)18(17)23;/h3-7,10,12,24H,8-9,11H2,1-2H3,(H,25,29);1H. The Morgan fingerprint density at radius 1 is 1.23 bits per heavy atom. The molecule has 158 valence electrons. The van der Waals surface area contributed by atoms with E-state index in [1.165, 1.54) is 16.8 Å². The Bertz CT molecular complexity index is 1080. The van der Waals surface area contributed by atoms with Crippen LogP contribution in [0.5, 0.6) is 0 Å². The van der Waals surface area contributed by atoms with Gasteiger partial charge in [0.25, 0.3) is 5.91 Å². The quantitative estimate of drug-likeness (QED) is 0.652. The van der Waals surface area contributed by atoms with Crippen molar-refractivity contribution in [1.29, 1.82) is 0 Å². The first-order chi connectivity index (χ1) is 13.9. The molecule has 9 heteroatoms. The SMILES string of the molecule is CC(C)c1nc(C(=O)Nc2ccc3c(c2F)CCNC3)nn1-c1cccc(F)c1.Cl. The number of halogens is 3. The summed E-state index contributed by atoms with van der Waals surface area (Å²) in [4.78, 5) is 17.0. The summed E-state index contributed by atoms with van der Waals surface area (Å²) in [6, 6.07) is 9.25. The number of aromatic nitrogens is 3. The van der Waals surface area contributed by atoms with E-state index < -0.39 is 17.5 Å². The lowest BCUT2D eigenvalue weighted by atomic mass is 9.99. The lowest BCUT2D eigenvalue weighted by Gasteiger charge is -2.19. The Labute approximate surface area is 179 Å². The number of benzene rings is 2. The normalized spacial score (nSPS) is 13.0. The number of anilines is 1. The second-order valence-corrected chi connectivity index (χ2v) is 7.29. The second-order valence-electron chi connectivity index (χ2n) is 7.29. The van der Waals surface area contributed by atoms with E-state index in [0.717, 1.165) is 5.56 Å². The number of hydrogen-bond acceptors (Lipinski definition) is 4. The molecule has 0 unspecified atom stereocenters. The Kier molecular flexibility index (Phi) is 6.48. The van der Waals surface area contributed by atoms with Crippen LogP contribution in [0.3, 0.4) is 0 Å². The highest BCUT2D eigenvalue weighted by Crippen LogP contribution is 2.25. The van der Waals surface area contributed by atoms with Gasteiger partial charge in [0.05, 0.1) is 11.4 Å². The Hall–Kier alpha value is -2.84. The van der Waals surface area contributed by atoms with Gasteiger partial charge in [-0.15, -0.1) is 17.5 Å². The highest BCUT2D eigenvalue weighted by atomic mass is 35.5. The summed E-state index contributed by atoms with van der Waals surface area (Å²) in [6.45, 7) is 5.11. The van der Waals surface area contributed by atoms with Gasteiger partial charge in [0, 0.05) is 12.5 Å². The van der Waals surface area contributed by atoms with Gasteiger partial charge in [-0.3, -0.25) is 4.79 Å². The van der Waals surface area contributed by atoms with Gasteiger partial charge in [-0.1, -0.05) is 26.0 Å². The molecule has 3 aromatic rings. The summed E-state index contributed by atoms with van der Waals surface area (Å²) in [7, 11) is 0. The molecule has 0 spiro atoms. The molecule has 2 aromatic carbocycles. The molecule has 1 aliphatic heterocycles. The summed E-state index contributed by atoms with van der Waals surface area (Å²) in [6.07, 6.45) is 0.564. The van der Waals surface area contributed by atoms with Crippen molar-refractivity contribution in [3.63, 3.8) is 0 Å². The van der Waals surface area contributed by atoms with Crippen molar-refractivity contribution < 1.29 is 13.6 Å². The third-order valence-electron chi connectivity index (χ3n) is 4.86. The molecule has 4 rings (SSSR count). The average molecular weight is 434 g/mol. The first kappa shape index (κ1) is 21.9. The molecule has 1 aromatic heterocycles. The number of amides is 1. The van der Waals surface area contributed by atoms with Crippen LogP contribution in [-0.4, -0.2) is 27.2 Å². The highest BCUT2D eigenvalue weighted by molar-refractivity contribution is 6.01. The third-order valence-corrected chi connectivity index (χ3v) is 4.86. The van der Waals surface area contributed by atoms with Crippen LogP contribution in [0, 0.1) is 11.6 Å². The molecule has 0 bridgehead atoms. The monoisotopic (exact) mass is 433 g/mol. The van der Waals surface area contributed by atoms with E-state index in [2.05, 4.69) is 20.7 Å². The molecule has 0 aliphatic carbocycles. The van der Waals surface area contributed by atoms with Crippen LogP contribution in [0.2, 0.25) is 0 Å². The van der Waals surface area contributed by atoms with Crippen LogP contribution in [0.1, 0.15) is 47.3 Å². The van der Waals surface area contributed by atoms with Crippen molar-refractivity contribution in [2.45, 2.75) is 32.7 Å². The molecule has 2 N–H and O–H groups in total. The molecule has 1 amide bonds. The van der Waals surface area contributed by atoms with E-state index in [4.69, 9.17) is 0 Å². The van der Waals surface area contributed by atoms with Gasteiger partial charge in [-0.05, 0) is 48.4 Å². The fourth-order valence-corrected chi connectivity index (χ4v) is 3.40. The van der Waals surface area contributed by atoms with Crippen molar-refractivity contribution in [2.24, 2.45) is 0 Å². The van der Waals surface area contributed by atoms with Gasteiger partial charge in [0.1, 0.15) is 17.5 Å². The largest absolute Gasteiger partial charge is 0.317 e. The number of fused-ring (bicyclic) bond motifs is 1. The Balaban J connectivity index is 0.00000256. The number of hydrogen-bond donors (Lipinski definition) is 2. The third kappa shape index (κ3) is 4.20. The van der Waals surface area contributed by atoms with E-state index in [1.807, 2.05) is 13.8 Å². The van der Waals surface area contributed by atoms with Crippen molar-refractivity contribution in [2.75, 3.05) is 11.9 Å². The fourth-order valence-electron chi connectivity index (χ4n) is 3.40. The zero-order chi connectivity index (χ0) is 20.5. The van der Waals surface area contributed by atoms with Gasteiger partial charge >= 0.3 is 0 Å². The van der Waals surface area contributed by atoms with E-state index in [-0.39, 0.29) is 29.8 Å². The molecular formula is C21H22ClF2N5O. The molecule has 6 nitrogen and oxygen atoms in total. The highest BCUT2D eigenvalue weighted by Gasteiger charge is 2.22.